The van der Waals surface area contributed by atoms with Gasteiger partial charge in [0.05, 0.1) is 0 Å². The van der Waals surface area contributed by atoms with E-state index < -0.39 is 0 Å². The summed E-state index contributed by atoms with van der Waals surface area (Å²) >= 11 is 0. The van der Waals surface area contributed by atoms with Crippen LogP contribution in [0.4, 0.5) is 0 Å². The fraction of sp³-hybridized carbons (Fsp3) is 0.579. The molecule has 1 aromatic heterocycles. The van der Waals surface area contributed by atoms with Crippen LogP contribution >= 0.6 is 0 Å². The van der Waals surface area contributed by atoms with E-state index in [-0.39, 0.29) is 0 Å². The number of nitrogens with zero attached hydrogens (tertiary/aromatic N) is 3. The predicted molar refractivity (Wildman–Crippen MR) is 93.2 cm³/mol. The summed E-state index contributed by atoms with van der Waals surface area (Å²) in [5.74, 6) is 1.86. The SMILES string of the molecule is Cn1cnnc1CCNC(Cc1ccccc1)C1CCCCC1. The van der Waals surface area contributed by atoms with Crippen molar-refractivity contribution in [1.29, 1.82) is 0 Å². The Bertz CT molecular complexity index is 572. The summed E-state index contributed by atoms with van der Waals surface area (Å²) in [6.45, 7) is 0.973. The summed E-state index contributed by atoms with van der Waals surface area (Å²) in [5, 5.41) is 12.0. The van der Waals surface area contributed by atoms with Gasteiger partial charge in [-0.1, -0.05) is 49.6 Å². The van der Waals surface area contributed by atoms with Crippen molar-refractivity contribution in [2.75, 3.05) is 6.54 Å². The van der Waals surface area contributed by atoms with Gasteiger partial charge in [-0.15, -0.1) is 10.2 Å². The number of aryl methyl sites for hydroxylation is 1. The maximum Gasteiger partial charge on any atom is 0.133 e. The van der Waals surface area contributed by atoms with E-state index in [1.54, 1.807) is 6.33 Å². The fourth-order valence-electron chi connectivity index (χ4n) is 3.71. The second-order valence-corrected chi connectivity index (χ2v) is 6.76. The van der Waals surface area contributed by atoms with Gasteiger partial charge in [-0.2, -0.15) is 0 Å². The number of hydrogen-bond acceptors (Lipinski definition) is 3. The Morgan fingerprint density at radius 2 is 1.96 bits per heavy atom. The maximum absolute atomic E-state index is 4.18. The van der Waals surface area contributed by atoms with E-state index in [9.17, 15) is 0 Å². The van der Waals surface area contributed by atoms with Crippen molar-refractivity contribution in [1.82, 2.24) is 20.1 Å². The molecule has 1 atom stereocenters. The molecule has 0 radical (unpaired) electrons. The summed E-state index contributed by atoms with van der Waals surface area (Å²) in [4.78, 5) is 0. The monoisotopic (exact) mass is 312 g/mol. The van der Waals surface area contributed by atoms with Crippen LogP contribution in [-0.4, -0.2) is 27.4 Å². The van der Waals surface area contributed by atoms with Gasteiger partial charge in [-0.3, -0.25) is 0 Å². The first-order valence-electron chi connectivity index (χ1n) is 8.93. The van der Waals surface area contributed by atoms with E-state index in [1.807, 2.05) is 11.6 Å². The maximum atomic E-state index is 4.18. The van der Waals surface area contributed by atoms with Crippen molar-refractivity contribution >= 4 is 0 Å². The van der Waals surface area contributed by atoms with E-state index in [0.717, 1.165) is 31.1 Å². The van der Waals surface area contributed by atoms with Gasteiger partial charge in [0.15, 0.2) is 0 Å². The number of nitrogens with one attached hydrogen (secondary N) is 1. The summed E-state index contributed by atoms with van der Waals surface area (Å²) in [6, 6.07) is 11.5. The van der Waals surface area contributed by atoms with Crippen molar-refractivity contribution in [3.8, 4) is 0 Å². The molecule has 124 valence electrons. The van der Waals surface area contributed by atoms with Crippen molar-refractivity contribution in [2.45, 2.75) is 51.0 Å². The van der Waals surface area contributed by atoms with Crippen LogP contribution in [0.1, 0.15) is 43.5 Å². The molecular formula is C19H28N4. The van der Waals surface area contributed by atoms with Crippen LogP contribution in [0.3, 0.4) is 0 Å². The number of rotatable bonds is 7. The van der Waals surface area contributed by atoms with Crippen LogP contribution in [0.15, 0.2) is 36.7 Å². The lowest BCUT2D eigenvalue weighted by molar-refractivity contribution is 0.267. The molecule has 23 heavy (non-hydrogen) atoms. The van der Waals surface area contributed by atoms with Crippen molar-refractivity contribution in [3.63, 3.8) is 0 Å². The molecule has 1 saturated carbocycles. The molecule has 1 aliphatic carbocycles. The van der Waals surface area contributed by atoms with Gasteiger partial charge in [0.2, 0.25) is 0 Å². The summed E-state index contributed by atoms with van der Waals surface area (Å²) < 4.78 is 2.01. The zero-order valence-electron chi connectivity index (χ0n) is 14.1. The van der Waals surface area contributed by atoms with Gasteiger partial charge in [0.25, 0.3) is 0 Å². The standard InChI is InChI=1S/C19H28N4/c1-23-15-21-22-19(23)12-13-20-18(17-10-6-3-7-11-17)14-16-8-4-2-5-9-16/h2,4-5,8-9,15,17-18,20H,3,6-7,10-14H2,1H3. The lowest BCUT2D eigenvalue weighted by Crippen LogP contribution is -2.40. The van der Waals surface area contributed by atoms with E-state index >= 15 is 0 Å². The first-order valence-corrected chi connectivity index (χ1v) is 8.93. The van der Waals surface area contributed by atoms with Crippen LogP contribution in [0.2, 0.25) is 0 Å². The van der Waals surface area contributed by atoms with Crippen molar-refractivity contribution in [2.24, 2.45) is 13.0 Å². The minimum Gasteiger partial charge on any atom is -0.321 e. The lowest BCUT2D eigenvalue weighted by atomic mass is 9.81. The zero-order chi connectivity index (χ0) is 15.9. The third-order valence-electron chi connectivity index (χ3n) is 5.08. The second kappa shape index (κ2) is 8.25. The van der Waals surface area contributed by atoms with Crippen LogP contribution in [0.5, 0.6) is 0 Å². The molecule has 0 amide bonds. The lowest BCUT2D eigenvalue weighted by Gasteiger charge is -2.31. The molecule has 4 nitrogen and oxygen atoms in total. The Morgan fingerprint density at radius 1 is 1.17 bits per heavy atom. The average molecular weight is 312 g/mol. The molecule has 0 bridgehead atoms. The van der Waals surface area contributed by atoms with Gasteiger partial charge in [-0.05, 0) is 30.7 Å². The summed E-state index contributed by atoms with van der Waals surface area (Å²) in [5.41, 5.74) is 1.44. The second-order valence-electron chi connectivity index (χ2n) is 6.76. The molecule has 1 aliphatic rings. The molecule has 0 saturated heterocycles. The van der Waals surface area contributed by atoms with Gasteiger partial charge >= 0.3 is 0 Å². The molecule has 2 aromatic rings. The van der Waals surface area contributed by atoms with Crippen LogP contribution < -0.4 is 5.32 Å². The summed E-state index contributed by atoms with van der Waals surface area (Å²) in [7, 11) is 2.01. The third-order valence-corrected chi connectivity index (χ3v) is 5.08. The van der Waals surface area contributed by atoms with E-state index in [4.69, 9.17) is 0 Å². The Kier molecular flexibility index (Phi) is 5.81. The van der Waals surface area contributed by atoms with Gasteiger partial charge in [0, 0.05) is 26.1 Å². The molecule has 4 heteroatoms. The van der Waals surface area contributed by atoms with Crippen molar-refractivity contribution in [3.05, 3.63) is 48.0 Å². The predicted octanol–water partition coefficient (Wildman–Crippen LogP) is 3.14. The largest absolute Gasteiger partial charge is 0.321 e. The molecule has 0 aliphatic heterocycles. The normalized spacial score (nSPS) is 17.3. The summed E-state index contributed by atoms with van der Waals surface area (Å²) in [6.07, 6.45) is 10.8. The molecule has 0 spiro atoms. The van der Waals surface area contributed by atoms with Crippen LogP contribution in [0, 0.1) is 5.92 Å². The minimum absolute atomic E-state index is 0.575. The highest BCUT2D eigenvalue weighted by Crippen LogP contribution is 2.28. The highest BCUT2D eigenvalue weighted by atomic mass is 15.2. The van der Waals surface area contributed by atoms with Gasteiger partial charge in [0.1, 0.15) is 12.2 Å². The Morgan fingerprint density at radius 3 is 2.65 bits per heavy atom. The number of aromatic nitrogens is 3. The first-order chi connectivity index (χ1) is 11.3. The van der Waals surface area contributed by atoms with Gasteiger partial charge in [-0.25, -0.2) is 0 Å². The number of benzene rings is 1. The molecule has 1 unspecified atom stereocenters. The topological polar surface area (TPSA) is 42.7 Å². The molecule has 1 heterocycles. The number of hydrogen-bond donors (Lipinski definition) is 1. The highest BCUT2D eigenvalue weighted by Gasteiger charge is 2.23. The Labute approximate surface area is 139 Å². The Hall–Kier alpha value is -1.68. The van der Waals surface area contributed by atoms with Crippen molar-refractivity contribution < 1.29 is 0 Å². The Balaban J connectivity index is 1.59. The van der Waals surface area contributed by atoms with E-state index in [0.29, 0.717) is 6.04 Å². The quantitative estimate of drug-likeness (QED) is 0.854. The smallest absolute Gasteiger partial charge is 0.133 e. The average Bonchev–Trinajstić information content (AvgIpc) is 3.01. The minimum atomic E-state index is 0.575. The third kappa shape index (κ3) is 4.64. The van der Waals surface area contributed by atoms with Gasteiger partial charge < -0.3 is 9.88 Å². The molecule has 3 rings (SSSR count). The van der Waals surface area contributed by atoms with E-state index in [1.165, 1.54) is 37.7 Å². The van der Waals surface area contributed by atoms with Crippen LogP contribution in [0.25, 0.3) is 0 Å². The molecule has 1 aromatic carbocycles. The molecule has 1 fully saturated rings. The fourth-order valence-corrected chi connectivity index (χ4v) is 3.71. The molecule has 1 N–H and O–H groups in total. The highest BCUT2D eigenvalue weighted by molar-refractivity contribution is 5.16. The van der Waals surface area contributed by atoms with E-state index in [2.05, 4.69) is 45.8 Å². The van der Waals surface area contributed by atoms with Crippen LogP contribution in [-0.2, 0) is 19.9 Å². The molecular weight excluding hydrogens is 284 g/mol. The first kappa shape index (κ1) is 16.2. The zero-order valence-corrected chi connectivity index (χ0v) is 14.1.